The Hall–Kier alpha value is -8.34. The topological polar surface area (TPSA) is 289 Å². The number of alkyl halides is 9. The second-order valence-electron chi connectivity index (χ2n) is 31.3. The summed E-state index contributed by atoms with van der Waals surface area (Å²) in [5, 5.41) is 7.47. The molecule has 2 saturated carbocycles. The van der Waals surface area contributed by atoms with E-state index in [1.165, 1.54) is 45.0 Å². The van der Waals surface area contributed by atoms with E-state index in [1.54, 1.807) is 27.7 Å². The van der Waals surface area contributed by atoms with E-state index in [0.29, 0.717) is 44.6 Å². The number of carbonyl (C=O) groups is 12. The van der Waals surface area contributed by atoms with E-state index in [4.69, 9.17) is 21.1 Å². The first kappa shape index (κ1) is 90.2. The summed E-state index contributed by atoms with van der Waals surface area (Å²) in [6.45, 7) is 4.10. The van der Waals surface area contributed by atoms with Crippen molar-refractivity contribution in [1.29, 1.82) is 0 Å². The third-order valence-electron chi connectivity index (χ3n) is 23.0. The van der Waals surface area contributed by atoms with Crippen LogP contribution in [0.1, 0.15) is 153 Å². The molecule has 2 aromatic carbocycles. The van der Waals surface area contributed by atoms with Crippen LogP contribution in [0.2, 0.25) is 5.02 Å². The molecule has 0 radical (unpaired) electrons. The number of morpholine rings is 1. The first-order chi connectivity index (χ1) is 53.0. The molecule has 2 bridgehead atoms. The van der Waals surface area contributed by atoms with Gasteiger partial charge in [-0.1, -0.05) is 76.8 Å². The summed E-state index contributed by atoms with van der Waals surface area (Å²) in [7, 11) is 7.76. The number of aryl methyl sites for hydroxylation is 1. The van der Waals surface area contributed by atoms with Crippen LogP contribution in [-0.4, -0.2) is 283 Å². The van der Waals surface area contributed by atoms with Gasteiger partial charge in [0.2, 0.25) is 70.9 Å². The van der Waals surface area contributed by atoms with E-state index in [9.17, 15) is 58.7 Å². The standard InChI is InChI=1S/C77H106ClF9N12O14/c1-11-46(4)62-71(109)92(6)44-61(102)93(7)54-19-14-15-32-98(70(54)108)57(41-48-20-24-50(25-21-48)76(82,83)84)68(106)91(5)43-59(100)88-53(27-23-47-22-26-51(52(78)40-47)77(85,86)87)67(105)99-33-28-58(113-36-31-75(79,80)81)64(99)66(104)90-74(29-16-30-74)73(111)96(10)63(49-17-12-13-18-49)72(110)95(9)56(69(107)97-34-37-112-38-35-97)42-60(101)94(8)55(39-45(2)3)65(103)89-62/h20-22,24-26,40,45-46,49,53-58,62-64H,11-19,23,27-39,41-44H2,1-10H3,(H,88,100)(H,89,103)(H,90,104)/t46-,53-,54-,55-,56-,57-,58-,62-,63-,64-/m0/s1. The van der Waals surface area contributed by atoms with E-state index in [1.807, 2.05) is 0 Å². The molecular weight excluding hydrogens is 1520 g/mol. The summed E-state index contributed by atoms with van der Waals surface area (Å²) in [6, 6.07) is -5.85. The summed E-state index contributed by atoms with van der Waals surface area (Å²) in [4.78, 5) is 192. The molecule has 4 saturated heterocycles. The van der Waals surface area contributed by atoms with E-state index in [-0.39, 0.29) is 101 Å². The molecule has 1 spiro atoms. The molecule has 6 fully saturated rings. The first-order valence-electron chi connectivity index (χ1n) is 38.6. The van der Waals surface area contributed by atoms with Gasteiger partial charge in [-0.25, -0.2) is 0 Å². The maximum atomic E-state index is 15.8. The maximum Gasteiger partial charge on any atom is 0.417 e. The highest BCUT2D eigenvalue weighted by Crippen LogP contribution is 2.40. The van der Waals surface area contributed by atoms with Crippen molar-refractivity contribution in [3.05, 3.63) is 69.7 Å². The minimum Gasteiger partial charge on any atom is -0.378 e. The lowest BCUT2D eigenvalue weighted by Crippen LogP contribution is -2.69. The third kappa shape index (κ3) is 22.4. The second-order valence-corrected chi connectivity index (χ2v) is 31.7. The zero-order valence-electron chi connectivity index (χ0n) is 65.6. The van der Waals surface area contributed by atoms with E-state index >= 15 is 38.4 Å². The number of halogens is 10. The molecule has 10 atom stereocenters. The van der Waals surface area contributed by atoms with Gasteiger partial charge in [-0.2, -0.15) is 39.5 Å². The number of nitrogens with zero attached hydrogens (tertiary/aromatic N) is 9. The van der Waals surface area contributed by atoms with E-state index < -0.39 is 229 Å². The number of likely N-dealkylation sites (N-methyl/N-ethyl adjacent to an activating group) is 6. The smallest absolute Gasteiger partial charge is 0.378 e. The number of hydrogen-bond donors (Lipinski definition) is 3. The van der Waals surface area contributed by atoms with Gasteiger partial charge in [0.15, 0.2) is 0 Å². The summed E-state index contributed by atoms with van der Waals surface area (Å²) in [6.07, 6.45) is -16.9. The largest absolute Gasteiger partial charge is 0.417 e. The Morgan fingerprint density at radius 3 is 1.84 bits per heavy atom. The molecule has 113 heavy (non-hydrogen) atoms. The average molecular weight is 1630 g/mol. The molecule has 6 aliphatic rings. The lowest BCUT2D eigenvalue weighted by Gasteiger charge is -2.47. The van der Waals surface area contributed by atoms with Crippen LogP contribution in [0, 0.1) is 17.8 Å². The highest BCUT2D eigenvalue weighted by molar-refractivity contribution is 6.31. The second kappa shape index (κ2) is 38.4. The zero-order chi connectivity index (χ0) is 83.5. The van der Waals surface area contributed by atoms with Crippen molar-refractivity contribution in [1.82, 2.24) is 60.0 Å². The normalized spacial score (nSPS) is 26.2. The molecule has 26 nitrogen and oxygen atoms in total. The quantitative estimate of drug-likeness (QED) is 0.167. The van der Waals surface area contributed by atoms with Gasteiger partial charge in [0.1, 0.15) is 53.9 Å². The third-order valence-corrected chi connectivity index (χ3v) is 23.3. The summed E-state index contributed by atoms with van der Waals surface area (Å²) >= 11 is 6.15. The Balaban J connectivity index is 1.24. The molecule has 4 heterocycles. The van der Waals surface area contributed by atoms with Gasteiger partial charge in [0, 0.05) is 74.9 Å². The van der Waals surface area contributed by atoms with E-state index in [0.717, 1.165) is 77.7 Å². The predicted molar refractivity (Wildman–Crippen MR) is 393 cm³/mol. The number of benzene rings is 2. The maximum absolute atomic E-state index is 15.8. The monoisotopic (exact) mass is 1630 g/mol. The van der Waals surface area contributed by atoms with Crippen molar-refractivity contribution in [2.24, 2.45) is 17.8 Å². The van der Waals surface area contributed by atoms with Crippen LogP contribution in [0.4, 0.5) is 39.5 Å². The molecule has 0 aromatic heterocycles. The molecule has 12 amide bonds. The van der Waals surface area contributed by atoms with Gasteiger partial charge in [0.25, 0.3) is 0 Å². The van der Waals surface area contributed by atoms with E-state index in [2.05, 4.69) is 16.0 Å². The number of amides is 12. The Labute approximate surface area is 657 Å². The van der Waals surface area contributed by atoms with Crippen LogP contribution in [0.5, 0.6) is 0 Å². The van der Waals surface area contributed by atoms with Gasteiger partial charge in [-0.3, -0.25) is 57.5 Å². The fraction of sp³-hybridized carbons (Fsp3) is 0.688. The zero-order valence-corrected chi connectivity index (χ0v) is 66.3. The predicted octanol–water partition coefficient (Wildman–Crippen LogP) is 6.65. The van der Waals surface area contributed by atoms with Gasteiger partial charge < -0.3 is 69.5 Å². The highest BCUT2D eigenvalue weighted by Gasteiger charge is 2.55. The van der Waals surface area contributed by atoms with Gasteiger partial charge in [0.05, 0.1) is 68.0 Å². The first-order valence-corrected chi connectivity index (χ1v) is 39.0. The minimum atomic E-state index is -4.90. The van der Waals surface area contributed by atoms with Crippen molar-refractivity contribution in [2.45, 2.75) is 222 Å². The van der Waals surface area contributed by atoms with Gasteiger partial charge in [-0.15, -0.1) is 0 Å². The number of hydrogen-bond acceptors (Lipinski definition) is 14. The molecule has 628 valence electrons. The van der Waals surface area contributed by atoms with Gasteiger partial charge in [-0.05, 0) is 130 Å². The molecule has 0 unspecified atom stereocenters. The number of ether oxygens (including phenoxy) is 2. The van der Waals surface area contributed by atoms with Gasteiger partial charge >= 0.3 is 18.5 Å². The van der Waals surface area contributed by atoms with Crippen LogP contribution in [0.3, 0.4) is 0 Å². The van der Waals surface area contributed by atoms with Crippen LogP contribution < -0.4 is 16.0 Å². The van der Waals surface area contributed by atoms with Crippen molar-refractivity contribution >= 4 is 82.5 Å². The van der Waals surface area contributed by atoms with Crippen molar-refractivity contribution < 1.29 is 107 Å². The Morgan fingerprint density at radius 2 is 1.26 bits per heavy atom. The fourth-order valence-electron chi connectivity index (χ4n) is 15.9. The molecule has 2 aliphatic carbocycles. The minimum absolute atomic E-state index is 0.00377. The van der Waals surface area contributed by atoms with Crippen molar-refractivity contribution in [3.63, 3.8) is 0 Å². The van der Waals surface area contributed by atoms with Crippen LogP contribution >= 0.6 is 11.6 Å². The Morgan fingerprint density at radius 1 is 0.628 bits per heavy atom. The van der Waals surface area contributed by atoms with Crippen molar-refractivity contribution in [2.75, 3.05) is 101 Å². The fourth-order valence-corrected chi connectivity index (χ4v) is 16.2. The molecule has 2 aromatic rings. The van der Waals surface area contributed by atoms with Crippen molar-refractivity contribution in [3.8, 4) is 0 Å². The lowest BCUT2D eigenvalue weighted by atomic mass is 9.74. The average Bonchev–Trinajstić information content (AvgIpc) is 1.60. The summed E-state index contributed by atoms with van der Waals surface area (Å²) in [5.41, 5.74) is -3.92. The highest BCUT2D eigenvalue weighted by atomic mass is 35.5. The molecule has 36 heteroatoms. The lowest BCUT2D eigenvalue weighted by molar-refractivity contribution is -0.160. The summed E-state index contributed by atoms with van der Waals surface area (Å²) < 4.78 is 137. The van der Waals surface area contributed by atoms with Crippen LogP contribution in [0.15, 0.2) is 42.5 Å². The van der Waals surface area contributed by atoms with Crippen LogP contribution in [0.25, 0.3) is 0 Å². The number of rotatable bonds is 14. The Bertz CT molecular complexity index is 3760. The Kier molecular flexibility index (Phi) is 30.7. The van der Waals surface area contributed by atoms with Crippen LogP contribution in [-0.2, 0) is 92.2 Å². The SMILES string of the molecule is CC[C@H](C)[C@@H]1NC(=O)[C@H](CC(C)C)N(C)C(=O)C[C@@H](C(=O)N2CCOCC2)N(C)C(=O)[C@H](C2CCCC2)N(C)C(=O)C2(CCC2)NC(=O)[C@@H]2[C@@H](OCCC(F)(F)F)CCN2C(=O)[C@H](CCc2ccc(C(F)(F)F)c(Cl)c2)NC(=O)CN(C)C(=O)[C@H](Cc2ccc(C(F)(F)F)cc2)N2CCCC[C@@H](C2=O)N(C)C(=O)CN(C)C1=O. The molecule has 3 N–H and O–H groups in total. The molecule has 4 aliphatic heterocycles. The number of nitrogens with one attached hydrogen (secondary N) is 3. The number of carbonyl (C=O) groups excluding carboxylic acids is 12. The molecule has 8 rings (SSSR count). The number of fused-ring (bicyclic) bond motifs is 3. The molecular formula is C77H106ClF9N12O14. The summed E-state index contributed by atoms with van der Waals surface area (Å²) in [5.74, 6) is -11.9.